The van der Waals surface area contributed by atoms with E-state index in [1.54, 1.807) is 27.4 Å². The first-order valence-electron chi connectivity index (χ1n) is 15.8. The first kappa shape index (κ1) is 29.5. The molecular weight excluding hydrogens is 564 g/mol. The fraction of sp³-hybridized carbons (Fsp3) is 0.368. The van der Waals surface area contributed by atoms with Crippen LogP contribution >= 0.6 is 0 Å². The van der Waals surface area contributed by atoms with E-state index < -0.39 is 0 Å². The number of rotatable bonds is 3. The van der Waals surface area contributed by atoms with Crippen LogP contribution in [0.2, 0.25) is 0 Å². The Bertz CT molecular complexity index is 1730. The molecule has 0 aromatic heterocycles. The molecular formula is C38H42N2O5. The molecule has 7 heteroatoms. The summed E-state index contributed by atoms with van der Waals surface area (Å²) < 4.78 is 24.4. The van der Waals surface area contributed by atoms with E-state index in [-0.39, 0.29) is 17.8 Å². The van der Waals surface area contributed by atoms with E-state index >= 15 is 0 Å². The summed E-state index contributed by atoms with van der Waals surface area (Å²) in [5, 5.41) is 10.8. The minimum Gasteiger partial charge on any atom is -0.504 e. The maximum absolute atomic E-state index is 10.8. The van der Waals surface area contributed by atoms with Crippen LogP contribution in [0.15, 0.2) is 60.7 Å². The average molecular weight is 607 g/mol. The van der Waals surface area contributed by atoms with Crippen LogP contribution in [0.1, 0.15) is 56.6 Å². The molecule has 0 amide bonds. The Morgan fingerprint density at radius 1 is 0.711 bits per heavy atom. The molecule has 0 fully saturated rings. The molecule has 234 valence electrons. The van der Waals surface area contributed by atoms with Gasteiger partial charge in [-0.3, -0.25) is 9.80 Å². The molecule has 1 N–H and O–H groups in total. The average Bonchev–Trinajstić information content (AvgIpc) is 3.05. The fourth-order valence-corrected chi connectivity index (χ4v) is 7.60. The molecule has 0 radical (unpaired) electrons. The number of phenolic OH excluding ortho intramolecular Hbond substituents is 1. The highest BCUT2D eigenvalue weighted by Crippen LogP contribution is 2.46. The largest absolute Gasteiger partial charge is 0.504 e. The van der Waals surface area contributed by atoms with Gasteiger partial charge in [0.1, 0.15) is 11.5 Å². The van der Waals surface area contributed by atoms with Gasteiger partial charge in [0.15, 0.2) is 23.0 Å². The zero-order valence-corrected chi connectivity index (χ0v) is 26.9. The number of methoxy groups -OCH3 is 3. The van der Waals surface area contributed by atoms with Crippen LogP contribution in [0.25, 0.3) is 0 Å². The number of aromatic hydroxyl groups is 1. The van der Waals surface area contributed by atoms with Gasteiger partial charge >= 0.3 is 0 Å². The first-order chi connectivity index (χ1) is 21.9. The van der Waals surface area contributed by atoms with Crippen LogP contribution in [0.4, 0.5) is 0 Å². The molecule has 6 aliphatic heterocycles. The zero-order chi connectivity index (χ0) is 31.2. The Hall–Kier alpha value is -4.20. The third-order valence-electron chi connectivity index (χ3n) is 10.1. The summed E-state index contributed by atoms with van der Waals surface area (Å²) in [5.41, 5.74) is 9.87. The molecule has 10 rings (SSSR count). The maximum Gasteiger partial charge on any atom is 0.169 e. The third-order valence-corrected chi connectivity index (χ3v) is 10.1. The van der Waals surface area contributed by atoms with Crippen molar-refractivity contribution in [3.63, 3.8) is 0 Å². The number of nitrogens with zero attached hydrogens (tertiary/aromatic N) is 2. The van der Waals surface area contributed by atoms with Gasteiger partial charge in [-0.1, -0.05) is 24.3 Å². The standard InChI is InChI=1S/C38H42N2O5/c1-39-14-12-25-19-27-20-30-37-26(21-36(43-4)38(30)44-5)13-15-40(2)32(37)17-24-8-11-33(41)35(18-24)45-28-9-6-23(7-10-28)16-31(39)29(25)22-34(27)42-3/h6-11,18-19,21-22,31-32,41H,12-17,20H2,1-5H3. The topological polar surface area (TPSA) is 63.6 Å². The highest BCUT2D eigenvalue weighted by Gasteiger charge is 2.33. The summed E-state index contributed by atoms with van der Waals surface area (Å²) in [6.07, 6.45) is 4.19. The smallest absolute Gasteiger partial charge is 0.169 e. The summed E-state index contributed by atoms with van der Waals surface area (Å²) >= 11 is 0. The summed E-state index contributed by atoms with van der Waals surface area (Å²) in [6, 6.07) is 21.1. The molecule has 0 aliphatic carbocycles. The Morgan fingerprint density at radius 3 is 2.13 bits per heavy atom. The molecule has 2 atom stereocenters. The monoisotopic (exact) mass is 606 g/mol. The van der Waals surface area contributed by atoms with E-state index in [9.17, 15) is 5.11 Å². The second-order valence-electron chi connectivity index (χ2n) is 12.7. The molecule has 2 unspecified atom stereocenters. The summed E-state index contributed by atoms with van der Waals surface area (Å²) in [4.78, 5) is 4.87. The van der Waals surface area contributed by atoms with Crippen molar-refractivity contribution in [2.24, 2.45) is 0 Å². The van der Waals surface area contributed by atoms with E-state index in [2.05, 4.69) is 54.2 Å². The molecule has 4 aromatic carbocycles. The van der Waals surface area contributed by atoms with Crippen LogP contribution < -0.4 is 18.9 Å². The van der Waals surface area contributed by atoms with Crippen LogP contribution in [0, 0.1) is 0 Å². The lowest BCUT2D eigenvalue weighted by molar-refractivity contribution is 0.226. The fourth-order valence-electron chi connectivity index (χ4n) is 7.60. The normalized spacial score (nSPS) is 19.6. The van der Waals surface area contributed by atoms with Gasteiger partial charge in [0.05, 0.1) is 21.3 Å². The van der Waals surface area contributed by atoms with Crippen molar-refractivity contribution in [2.45, 2.75) is 44.2 Å². The van der Waals surface area contributed by atoms with Crippen LogP contribution in [-0.2, 0) is 32.1 Å². The number of hydrogen-bond donors (Lipinski definition) is 1. The van der Waals surface area contributed by atoms with Gasteiger partial charge < -0.3 is 24.1 Å². The van der Waals surface area contributed by atoms with E-state index in [1.807, 2.05) is 24.3 Å². The highest BCUT2D eigenvalue weighted by molar-refractivity contribution is 5.60. The van der Waals surface area contributed by atoms with E-state index in [4.69, 9.17) is 18.9 Å². The molecule has 4 aromatic rings. The number of likely N-dealkylation sites (N-methyl/N-ethyl adjacent to an activating group) is 2. The second-order valence-corrected chi connectivity index (χ2v) is 12.7. The van der Waals surface area contributed by atoms with Gasteiger partial charge in [-0.05, 0) is 115 Å². The van der Waals surface area contributed by atoms with Crippen LogP contribution in [-0.4, -0.2) is 63.4 Å². The minimum absolute atomic E-state index is 0.0870. The van der Waals surface area contributed by atoms with Crippen molar-refractivity contribution in [2.75, 3.05) is 48.5 Å². The van der Waals surface area contributed by atoms with Crippen molar-refractivity contribution in [3.05, 3.63) is 105 Å². The number of phenols is 1. The van der Waals surface area contributed by atoms with Crippen molar-refractivity contribution >= 4 is 0 Å². The Labute approximate surface area is 265 Å². The summed E-state index contributed by atoms with van der Waals surface area (Å²) in [7, 11) is 9.63. The Balaban J connectivity index is 1.46. The SMILES string of the molecule is COc1cc2c3cc1Cc1c(OC)c(OC)cc4c1C(Cc1ccc(O)c(c1)Oc1ccc(cc1)CC2N(C)CC3)N(C)CC4. The van der Waals surface area contributed by atoms with Crippen LogP contribution in [0.3, 0.4) is 0 Å². The van der Waals surface area contributed by atoms with E-state index in [0.717, 1.165) is 72.7 Å². The predicted molar refractivity (Wildman–Crippen MR) is 176 cm³/mol. The van der Waals surface area contributed by atoms with Crippen molar-refractivity contribution in [1.29, 1.82) is 0 Å². The van der Waals surface area contributed by atoms with Crippen molar-refractivity contribution in [3.8, 4) is 34.5 Å². The van der Waals surface area contributed by atoms with Gasteiger partial charge in [0.2, 0.25) is 0 Å². The lowest BCUT2D eigenvalue weighted by Gasteiger charge is -2.38. The van der Waals surface area contributed by atoms with Gasteiger partial charge in [0.25, 0.3) is 0 Å². The van der Waals surface area contributed by atoms with Crippen LogP contribution in [0.5, 0.6) is 34.5 Å². The highest BCUT2D eigenvalue weighted by atomic mass is 16.5. The van der Waals surface area contributed by atoms with Gasteiger partial charge in [-0.15, -0.1) is 0 Å². The number of ether oxygens (including phenoxy) is 4. The molecule has 0 saturated carbocycles. The predicted octanol–water partition coefficient (Wildman–Crippen LogP) is 6.66. The van der Waals surface area contributed by atoms with E-state index in [1.165, 1.54) is 27.8 Å². The van der Waals surface area contributed by atoms with Gasteiger partial charge in [-0.25, -0.2) is 0 Å². The quantitative estimate of drug-likeness (QED) is 0.280. The minimum atomic E-state index is 0.0870. The summed E-state index contributed by atoms with van der Waals surface area (Å²) in [5.74, 6) is 3.73. The Kier molecular flexibility index (Phi) is 7.84. The summed E-state index contributed by atoms with van der Waals surface area (Å²) in [6.45, 7) is 1.92. The number of benzene rings is 4. The first-order valence-corrected chi connectivity index (χ1v) is 15.8. The lowest BCUT2D eigenvalue weighted by Crippen LogP contribution is -2.34. The molecule has 0 spiro atoms. The Morgan fingerprint density at radius 2 is 1.40 bits per heavy atom. The van der Waals surface area contributed by atoms with Crippen molar-refractivity contribution in [1.82, 2.24) is 9.80 Å². The molecule has 7 nitrogen and oxygen atoms in total. The van der Waals surface area contributed by atoms with E-state index in [0.29, 0.717) is 17.9 Å². The lowest BCUT2D eigenvalue weighted by atomic mass is 9.82. The molecule has 8 bridgehead atoms. The molecule has 45 heavy (non-hydrogen) atoms. The zero-order valence-electron chi connectivity index (χ0n) is 26.9. The van der Waals surface area contributed by atoms with Crippen molar-refractivity contribution < 1.29 is 24.1 Å². The number of hydrogen-bond acceptors (Lipinski definition) is 7. The van der Waals surface area contributed by atoms with Gasteiger partial charge in [0, 0.05) is 37.2 Å². The second kappa shape index (κ2) is 12.0. The maximum atomic E-state index is 10.8. The molecule has 6 heterocycles. The third kappa shape index (κ3) is 5.38. The molecule has 6 aliphatic rings. The van der Waals surface area contributed by atoms with Gasteiger partial charge in [-0.2, -0.15) is 0 Å². The molecule has 0 saturated heterocycles.